The lowest BCUT2D eigenvalue weighted by atomic mass is 9.92. The van der Waals surface area contributed by atoms with E-state index in [1.807, 2.05) is 18.5 Å². The molecule has 0 spiro atoms. The molecule has 0 aromatic carbocycles. The molecule has 0 saturated carbocycles. The molecule has 1 atom stereocenters. The van der Waals surface area contributed by atoms with Gasteiger partial charge in [0.2, 0.25) is 0 Å². The Balaban J connectivity index is 2.35. The third kappa shape index (κ3) is 3.58. The number of nitrogens with zero attached hydrogens (tertiary/aromatic N) is 1. The maximum atomic E-state index is 4.11. The van der Waals surface area contributed by atoms with Gasteiger partial charge in [-0.05, 0) is 36.3 Å². The maximum absolute atomic E-state index is 4.11. The van der Waals surface area contributed by atoms with Crippen LogP contribution in [0.15, 0.2) is 24.5 Å². The zero-order valence-electron chi connectivity index (χ0n) is 8.83. The van der Waals surface area contributed by atoms with Crippen molar-refractivity contribution < 1.29 is 0 Å². The number of aryl methyl sites for hydroxylation is 1. The van der Waals surface area contributed by atoms with Crippen LogP contribution in [0.5, 0.6) is 0 Å². The molecule has 0 fully saturated rings. The first-order valence-corrected chi connectivity index (χ1v) is 5.09. The van der Waals surface area contributed by atoms with Crippen LogP contribution in [0.1, 0.15) is 32.8 Å². The van der Waals surface area contributed by atoms with Crippen LogP contribution in [0.3, 0.4) is 0 Å². The Morgan fingerprint density at radius 2 is 2.08 bits per heavy atom. The lowest BCUT2D eigenvalue weighted by Gasteiger charge is -2.14. The van der Waals surface area contributed by atoms with Crippen molar-refractivity contribution in [3.63, 3.8) is 0 Å². The van der Waals surface area contributed by atoms with Gasteiger partial charge < -0.3 is 0 Å². The molecule has 1 nitrogen and oxygen atoms in total. The summed E-state index contributed by atoms with van der Waals surface area (Å²) in [6, 6.07) is 4.16. The van der Waals surface area contributed by atoms with Gasteiger partial charge in [-0.1, -0.05) is 26.8 Å². The summed E-state index contributed by atoms with van der Waals surface area (Å²) < 4.78 is 0. The third-order valence-electron chi connectivity index (χ3n) is 2.75. The third-order valence-corrected chi connectivity index (χ3v) is 2.75. The van der Waals surface area contributed by atoms with E-state index in [0.29, 0.717) is 0 Å². The van der Waals surface area contributed by atoms with E-state index in [1.165, 1.54) is 12.0 Å². The molecule has 72 valence electrons. The fraction of sp³-hybridized carbons (Fsp3) is 0.583. The van der Waals surface area contributed by atoms with Crippen LogP contribution >= 0.6 is 0 Å². The second kappa shape index (κ2) is 5.00. The predicted octanol–water partition coefficient (Wildman–Crippen LogP) is 3.31. The van der Waals surface area contributed by atoms with Gasteiger partial charge in [-0.15, -0.1) is 0 Å². The molecule has 13 heavy (non-hydrogen) atoms. The van der Waals surface area contributed by atoms with Crippen LogP contribution in [0.25, 0.3) is 0 Å². The SMILES string of the molecule is CC(C)C(C)CCc1cccnc1. The van der Waals surface area contributed by atoms with Crippen LogP contribution in [-0.4, -0.2) is 4.98 Å². The fourth-order valence-electron chi connectivity index (χ4n) is 1.27. The summed E-state index contributed by atoms with van der Waals surface area (Å²) in [5, 5.41) is 0. The minimum Gasteiger partial charge on any atom is -0.264 e. The summed E-state index contributed by atoms with van der Waals surface area (Å²) in [6.07, 6.45) is 6.22. The summed E-state index contributed by atoms with van der Waals surface area (Å²) in [7, 11) is 0. The summed E-state index contributed by atoms with van der Waals surface area (Å²) in [6.45, 7) is 6.89. The monoisotopic (exact) mass is 177 g/mol. The first-order chi connectivity index (χ1) is 6.20. The molecule has 1 heteroatoms. The molecule has 0 bridgehead atoms. The molecule has 0 amide bonds. The Morgan fingerprint density at radius 1 is 1.31 bits per heavy atom. The van der Waals surface area contributed by atoms with E-state index in [0.717, 1.165) is 18.3 Å². The predicted molar refractivity (Wildman–Crippen MR) is 56.6 cm³/mol. The highest BCUT2D eigenvalue weighted by atomic mass is 14.6. The highest BCUT2D eigenvalue weighted by Gasteiger charge is 2.06. The Morgan fingerprint density at radius 3 is 2.62 bits per heavy atom. The van der Waals surface area contributed by atoms with E-state index in [9.17, 15) is 0 Å². The van der Waals surface area contributed by atoms with Crippen LogP contribution in [0.2, 0.25) is 0 Å². The quantitative estimate of drug-likeness (QED) is 0.687. The normalized spacial score (nSPS) is 13.2. The van der Waals surface area contributed by atoms with E-state index >= 15 is 0 Å². The Hall–Kier alpha value is -0.850. The largest absolute Gasteiger partial charge is 0.264 e. The van der Waals surface area contributed by atoms with Crippen molar-refractivity contribution in [2.45, 2.75) is 33.6 Å². The summed E-state index contributed by atoms with van der Waals surface area (Å²) >= 11 is 0. The molecular formula is C12H19N. The molecule has 1 heterocycles. The molecular weight excluding hydrogens is 158 g/mol. The Kier molecular flexibility index (Phi) is 3.94. The van der Waals surface area contributed by atoms with Crippen molar-refractivity contribution in [3.8, 4) is 0 Å². The molecule has 1 unspecified atom stereocenters. The van der Waals surface area contributed by atoms with E-state index in [4.69, 9.17) is 0 Å². The average molecular weight is 177 g/mol. The number of aromatic nitrogens is 1. The smallest absolute Gasteiger partial charge is 0.0299 e. The van der Waals surface area contributed by atoms with Crippen LogP contribution < -0.4 is 0 Å². The molecule has 0 radical (unpaired) electrons. The zero-order chi connectivity index (χ0) is 9.68. The molecule has 0 aliphatic heterocycles. The minimum atomic E-state index is 0.789. The highest BCUT2D eigenvalue weighted by Crippen LogP contribution is 2.16. The summed E-state index contributed by atoms with van der Waals surface area (Å²) in [5.74, 6) is 1.59. The standard InChI is InChI=1S/C12H19N/c1-10(2)11(3)6-7-12-5-4-8-13-9-12/h4-5,8-11H,6-7H2,1-3H3. The van der Waals surface area contributed by atoms with Crippen molar-refractivity contribution in [3.05, 3.63) is 30.1 Å². The van der Waals surface area contributed by atoms with E-state index in [-0.39, 0.29) is 0 Å². The topological polar surface area (TPSA) is 12.9 Å². The number of hydrogen-bond acceptors (Lipinski definition) is 1. The average Bonchev–Trinajstić information content (AvgIpc) is 2.15. The van der Waals surface area contributed by atoms with Gasteiger partial charge in [-0.25, -0.2) is 0 Å². The van der Waals surface area contributed by atoms with Crippen molar-refractivity contribution in [2.24, 2.45) is 11.8 Å². The van der Waals surface area contributed by atoms with Gasteiger partial charge >= 0.3 is 0 Å². The van der Waals surface area contributed by atoms with Gasteiger partial charge in [0.25, 0.3) is 0 Å². The molecule has 1 rings (SSSR count). The fourth-order valence-corrected chi connectivity index (χ4v) is 1.27. The molecule has 0 aliphatic rings. The van der Waals surface area contributed by atoms with Crippen LogP contribution in [0.4, 0.5) is 0 Å². The van der Waals surface area contributed by atoms with E-state index in [2.05, 4.69) is 31.8 Å². The van der Waals surface area contributed by atoms with Gasteiger partial charge in [-0.3, -0.25) is 4.98 Å². The molecule has 0 aliphatic carbocycles. The van der Waals surface area contributed by atoms with Crippen molar-refractivity contribution in [1.29, 1.82) is 0 Å². The first kappa shape index (κ1) is 10.2. The summed E-state index contributed by atoms with van der Waals surface area (Å²) in [5.41, 5.74) is 1.36. The van der Waals surface area contributed by atoms with Crippen LogP contribution in [0, 0.1) is 11.8 Å². The first-order valence-electron chi connectivity index (χ1n) is 5.09. The van der Waals surface area contributed by atoms with Crippen molar-refractivity contribution in [2.75, 3.05) is 0 Å². The highest BCUT2D eigenvalue weighted by molar-refractivity contribution is 5.08. The van der Waals surface area contributed by atoms with Gasteiger partial charge in [0.15, 0.2) is 0 Å². The number of pyridine rings is 1. The van der Waals surface area contributed by atoms with Crippen LogP contribution in [-0.2, 0) is 6.42 Å². The Labute approximate surface area is 81.2 Å². The lowest BCUT2D eigenvalue weighted by molar-refractivity contribution is 0.392. The lowest BCUT2D eigenvalue weighted by Crippen LogP contribution is -2.05. The molecule has 1 aromatic rings. The minimum absolute atomic E-state index is 0.789. The second-order valence-electron chi connectivity index (χ2n) is 4.12. The Bertz CT molecular complexity index is 228. The second-order valence-corrected chi connectivity index (χ2v) is 4.12. The van der Waals surface area contributed by atoms with Crippen molar-refractivity contribution in [1.82, 2.24) is 4.98 Å². The zero-order valence-corrected chi connectivity index (χ0v) is 8.83. The van der Waals surface area contributed by atoms with Gasteiger partial charge in [0.1, 0.15) is 0 Å². The van der Waals surface area contributed by atoms with E-state index < -0.39 is 0 Å². The number of hydrogen-bond donors (Lipinski definition) is 0. The van der Waals surface area contributed by atoms with Gasteiger partial charge in [-0.2, -0.15) is 0 Å². The van der Waals surface area contributed by atoms with E-state index in [1.54, 1.807) is 0 Å². The number of rotatable bonds is 4. The molecule has 0 saturated heterocycles. The maximum Gasteiger partial charge on any atom is 0.0299 e. The van der Waals surface area contributed by atoms with Crippen molar-refractivity contribution >= 4 is 0 Å². The molecule has 1 aromatic heterocycles. The molecule has 0 N–H and O–H groups in total. The van der Waals surface area contributed by atoms with Gasteiger partial charge in [0, 0.05) is 12.4 Å². The summed E-state index contributed by atoms with van der Waals surface area (Å²) in [4.78, 5) is 4.11. The van der Waals surface area contributed by atoms with Gasteiger partial charge in [0.05, 0.1) is 0 Å².